The summed E-state index contributed by atoms with van der Waals surface area (Å²) in [6.45, 7) is 4.36. The number of benzene rings is 3. The summed E-state index contributed by atoms with van der Waals surface area (Å²) in [5.74, 6) is 0.813. The van der Waals surface area contributed by atoms with Crippen LogP contribution < -0.4 is 4.74 Å². The summed E-state index contributed by atoms with van der Waals surface area (Å²) in [6, 6.07) is 22.9. The number of piperazine rings is 1. The smallest absolute Gasteiger partial charge is 0.253 e. The molecule has 0 saturated carbocycles. The highest BCUT2D eigenvalue weighted by molar-refractivity contribution is 6.30. The SMILES string of the molecule is O=C(c1cccc(COc2ccc(Cl)cc2)c1)N1CCN(Cc2cccc(Cl)c2)CC1. The number of ether oxygens (including phenoxy) is 1. The van der Waals surface area contributed by atoms with Crippen molar-refractivity contribution in [3.8, 4) is 5.75 Å². The first-order valence-electron chi connectivity index (χ1n) is 10.3. The minimum Gasteiger partial charge on any atom is -0.489 e. The second-order valence-corrected chi connectivity index (χ2v) is 8.51. The topological polar surface area (TPSA) is 32.8 Å². The van der Waals surface area contributed by atoms with Crippen molar-refractivity contribution in [3.63, 3.8) is 0 Å². The molecule has 1 aliphatic rings. The van der Waals surface area contributed by atoms with Gasteiger partial charge >= 0.3 is 0 Å². The van der Waals surface area contributed by atoms with E-state index in [1.807, 2.05) is 59.5 Å². The zero-order valence-corrected chi connectivity index (χ0v) is 18.6. The lowest BCUT2D eigenvalue weighted by molar-refractivity contribution is 0.0628. The van der Waals surface area contributed by atoms with Gasteiger partial charge in [-0.05, 0) is 59.7 Å². The normalized spacial score (nSPS) is 14.5. The minimum absolute atomic E-state index is 0.0655. The summed E-state index contributed by atoms with van der Waals surface area (Å²) in [5, 5.41) is 1.43. The van der Waals surface area contributed by atoms with Gasteiger partial charge in [0.1, 0.15) is 12.4 Å². The number of halogens is 2. The van der Waals surface area contributed by atoms with E-state index < -0.39 is 0 Å². The predicted octanol–water partition coefficient (Wildman–Crippen LogP) is 5.53. The molecule has 0 radical (unpaired) electrons. The lowest BCUT2D eigenvalue weighted by Crippen LogP contribution is -2.48. The maximum atomic E-state index is 13.0. The molecule has 0 aliphatic carbocycles. The van der Waals surface area contributed by atoms with Crippen molar-refractivity contribution in [3.05, 3.63) is 99.5 Å². The Kier molecular flexibility index (Phi) is 7.13. The Morgan fingerprint density at radius 2 is 1.52 bits per heavy atom. The first kappa shape index (κ1) is 21.7. The Morgan fingerprint density at radius 3 is 2.26 bits per heavy atom. The van der Waals surface area contributed by atoms with Crippen LogP contribution >= 0.6 is 23.2 Å². The average molecular weight is 455 g/mol. The summed E-state index contributed by atoms with van der Waals surface area (Å²) in [6.07, 6.45) is 0. The van der Waals surface area contributed by atoms with Crippen LogP contribution in [0.3, 0.4) is 0 Å². The van der Waals surface area contributed by atoms with Crippen molar-refractivity contribution in [2.24, 2.45) is 0 Å². The van der Waals surface area contributed by atoms with Crippen molar-refractivity contribution in [1.82, 2.24) is 9.80 Å². The van der Waals surface area contributed by atoms with Crippen LogP contribution in [0.25, 0.3) is 0 Å². The van der Waals surface area contributed by atoms with Gasteiger partial charge in [0.2, 0.25) is 0 Å². The van der Waals surface area contributed by atoms with Gasteiger partial charge in [-0.25, -0.2) is 0 Å². The van der Waals surface area contributed by atoms with Crippen LogP contribution in [0, 0.1) is 0 Å². The molecule has 1 fully saturated rings. The summed E-state index contributed by atoms with van der Waals surface area (Å²) in [5.41, 5.74) is 2.85. The largest absolute Gasteiger partial charge is 0.489 e. The van der Waals surface area contributed by atoms with E-state index in [-0.39, 0.29) is 5.91 Å². The van der Waals surface area contributed by atoms with Crippen molar-refractivity contribution in [2.45, 2.75) is 13.2 Å². The van der Waals surface area contributed by atoms with Gasteiger partial charge in [0.25, 0.3) is 5.91 Å². The third kappa shape index (κ3) is 6.01. The fourth-order valence-electron chi connectivity index (χ4n) is 3.68. The van der Waals surface area contributed by atoms with E-state index in [2.05, 4.69) is 11.0 Å². The second-order valence-electron chi connectivity index (χ2n) is 7.64. The number of rotatable bonds is 6. The van der Waals surface area contributed by atoms with E-state index in [1.165, 1.54) is 5.56 Å². The number of hydrogen-bond acceptors (Lipinski definition) is 3. The number of nitrogens with zero attached hydrogens (tertiary/aromatic N) is 2. The molecule has 0 bridgehead atoms. The Balaban J connectivity index is 1.31. The molecular formula is C25H24Cl2N2O2. The maximum absolute atomic E-state index is 13.0. The van der Waals surface area contributed by atoms with E-state index >= 15 is 0 Å². The van der Waals surface area contributed by atoms with Crippen LogP contribution in [0.1, 0.15) is 21.5 Å². The van der Waals surface area contributed by atoms with Crippen molar-refractivity contribution in [1.29, 1.82) is 0 Å². The van der Waals surface area contributed by atoms with Crippen molar-refractivity contribution >= 4 is 29.1 Å². The summed E-state index contributed by atoms with van der Waals surface area (Å²) in [4.78, 5) is 17.3. The third-order valence-electron chi connectivity index (χ3n) is 5.35. The van der Waals surface area contributed by atoms with E-state index in [9.17, 15) is 4.79 Å². The van der Waals surface area contributed by atoms with Gasteiger partial charge in [-0.3, -0.25) is 9.69 Å². The molecule has 4 nitrogen and oxygen atoms in total. The van der Waals surface area contributed by atoms with Gasteiger partial charge in [-0.1, -0.05) is 47.5 Å². The average Bonchev–Trinajstić information content (AvgIpc) is 2.79. The highest BCUT2D eigenvalue weighted by atomic mass is 35.5. The Labute approximate surface area is 192 Å². The van der Waals surface area contributed by atoms with Gasteiger partial charge in [0.15, 0.2) is 0 Å². The highest BCUT2D eigenvalue weighted by Crippen LogP contribution is 2.18. The molecule has 0 aromatic heterocycles. The van der Waals surface area contributed by atoms with Crippen LogP contribution in [-0.2, 0) is 13.2 Å². The van der Waals surface area contributed by atoms with Crippen LogP contribution in [0.4, 0.5) is 0 Å². The zero-order valence-electron chi connectivity index (χ0n) is 17.1. The lowest BCUT2D eigenvalue weighted by atomic mass is 10.1. The minimum atomic E-state index is 0.0655. The molecule has 3 aromatic carbocycles. The van der Waals surface area contributed by atoms with Gasteiger partial charge in [0.05, 0.1) is 0 Å². The first-order chi connectivity index (χ1) is 15.1. The Morgan fingerprint density at radius 1 is 0.806 bits per heavy atom. The van der Waals surface area contributed by atoms with E-state index in [1.54, 1.807) is 12.1 Å². The van der Waals surface area contributed by atoms with Crippen molar-refractivity contribution < 1.29 is 9.53 Å². The molecule has 0 unspecified atom stereocenters. The van der Waals surface area contributed by atoms with E-state index in [4.69, 9.17) is 27.9 Å². The molecule has 1 aliphatic heterocycles. The van der Waals surface area contributed by atoms with Crippen LogP contribution in [0.15, 0.2) is 72.8 Å². The molecule has 6 heteroatoms. The predicted molar refractivity (Wildman–Crippen MR) is 125 cm³/mol. The number of carbonyl (C=O) groups excluding carboxylic acids is 1. The molecule has 160 valence electrons. The van der Waals surface area contributed by atoms with Gasteiger partial charge in [-0.15, -0.1) is 0 Å². The summed E-state index contributed by atoms with van der Waals surface area (Å²) in [7, 11) is 0. The maximum Gasteiger partial charge on any atom is 0.253 e. The number of carbonyl (C=O) groups is 1. The van der Waals surface area contributed by atoms with Crippen LogP contribution in [0.2, 0.25) is 10.0 Å². The van der Waals surface area contributed by atoms with Crippen LogP contribution in [-0.4, -0.2) is 41.9 Å². The summed E-state index contributed by atoms with van der Waals surface area (Å²) >= 11 is 12.0. The van der Waals surface area contributed by atoms with Gasteiger partial charge in [0, 0.05) is 48.3 Å². The molecule has 31 heavy (non-hydrogen) atoms. The van der Waals surface area contributed by atoms with Gasteiger partial charge in [-0.2, -0.15) is 0 Å². The van der Waals surface area contributed by atoms with E-state index in [0.717, 1.165) is 36.0 Å². The first-order valence-corrected chi connectivity index (χ1v) is 11.1. The second kappa shape index (κ2) is 10.2. The standard InChI is InChI=1S/C25H24Cl2N2O2/c26-22-7-9-24(10-8-22)31-18-20-4-1-5-21(15-20)25(30)29-13-11-28(12-14-29)17-19-3-2-6-23(27)16-19/h1-10,15-16H,11-14,17-18H2. The lowest BCUT2D eigenvalue weighted by Gasteiger charge is -2.35. The summed E-state index contributed by atoms with van der Waals surface area (Å²) < 4.78 is 5.81. The fraction of sp³-hybridized carbons (Fsp3) is 0.240. The fourth-order valence-corrected chi connectivity index (χ4v) is 4.02. The quantitative estimate of drug-likeness (QED) is 0.490. The van der Waals surface area contributed by atoms with Crippen LogP contribution in [0.5, 0.6) is 5.75 Å². The molecule has 0 atom stereocenters. The van der Waals surface area contributed by atoms with Crippen molar-refractivity contribution in [2.75, 3.05) is 26.2 Å². The third-order valence-corrected chi connectivity index (χ3v) is 5.83. The Bertz CT molecular complexity index is 1030. The monoisotopic (exact) mass is 454 g/mol. The molecular weight excluding hydrogens is 431 g/mol. The van der Waals surface area contributed by atoms with E-state index in [0.29, 0.717) is 30.3 Å². The molecule has 1 heterocycles. The number of amides is 1. The molecule has 4 rings (SSSR count). The molecule has 1 saturated heterocycles. The Hall–Kier alpha value is -2.53. The molecule has 0 N–H and O–H groups in total. The zero-order chi connectivity index (χ0) is 21.6. The molecule has 3 aromatic rings. The number of hydrogen-bond donors (Lipinski definition) is 0. The molecule has 1 amide bonds. The highest BCUT2D eigenvalue weighted by Gasteiger charge is 2.22. The molecule has 0 spiro atoms. The van der Waals surface area contributed by atoms with Gasteiger partial charge < -0.3 is 9.64 Å².